The molecule has 1 aromatic carbocycles. The summed E-state index contributed by atoms with van der Waals surface area (Å²) in [7, 11) is 4.15. The van der Waals surface area contributed by atoms with E-state index in [0.29, 0.717) is 24.9 Å². The summed E-state index contributed by atoms with van der Waals surface area (Å²) in [6.45, 7) is 5.74. The van der Waals surface area contributed by atoms with Gasteiger partial charge in [-0.1, -0.05) is 44.2 Å². The molecular formula is C23H35N3O2. The second-order valence-corrected chi connectivity index (χ2v) is 9.03. The molecule has 2 fully saturated rings. The van der Waals surface area contributed by atoms with Gasteiger partial charge in [-0.15, -0.1) is 0 Å². The molecule has 3 atom stereocenters. The molecule has 5 heteroatoms. The fourth-order valence-corrected chi connectivity index (χ4v) is 4.57. The predicted molar refractivity (Wildman–Crippen MR) is 112 cm³/mol. The zero-order chi connectivity index (χ0) is 20.3. The van der Waals surface area contributed by atoms with E-state index in [-0.39, 0.29) is 23.9 Å². The molecular weight excluding hydrogens is 350 g/mol. The molecule has 0 spiro atoms. The average molecular weight is 386 g/mol. The Kier molecular flexibility index (Phi) is 6.76. The maximum atomic E-state index is 13.2. The van der Waals surface area contributed by atoms with Crippen LogP contribution < -0.4 is 0 Å². The molecule has 28 heavy (non-hydrogen) atoms. The zero-order valence-electron chi connectivity index (χ0n) is 17.8. The van der Waals surface area contributed by atoms with Crippen LogP contribution in [0.4, 0.5) is 0 Å². The number of hydrogen-bond donors (Lipinski definition) is 0. The fourth-order valence-electron chi connectivity index (χ4n) is 4.57. The lowest BCUT2D eigenvalue weighted by atomic mass is 9.96. The van der Waals surface area contributed by atoms with Crippen LogP contribution in [-0.2, 0) is 16.0 Å². The number of amides is 2. The van der Waals surface area contributed by atoms with Gasteiger partial charge in [-0.2, -0.15) is 0 Å². The molecule has 154 valence electrons. The molecule has 1 aromatic rings. The second kappa shape index (κ2) is 9.08. The molecule has 2 saturated heterocycles. The molecule has 5 nitrogen and oxygen atoms in total. The Labute approximate surface area is 169 Å². The van der Waals surface area contributed by atoms with Gasteiger partial charge in [-0.25, -0.2) is 0 Å². The minimum atomic E-state index is -0.290. The maximum Gasteiger partial charge on any atom is 0.245 e. The summed E-state index contributed by atoms with van der Waals surface area (Å²) in [4.78, 5) is 32.5. The van der Waals surface area contributed by atoms with Crippen molar-refractivity contribution in [3.63, 3.8) is 0 Å². The first kappa shape index (κ1) is 20.8. The molecule has 2 heterocycles. The quantitative estimate of drug-likeness (QED) is 0.725. The molecule has 0 saturated carbocycles. The van der Waals surface area contributed by atoms with Gasteiger partial charge in [0.15, 0.2) is 0 Å². The van der Waals surface area contributed by atoms with E-state index < -0.39 is 0 Å². The van der Waals surface area contributed by atoms with Crippen LogP contribution in [0, 0.1) is 5.92 Å². The van der Waals surface area contributed by atoms with Crippen molar-refractivity contribution in [2.75, 3.05) is 27.2 Å². The monoisotopic (exact) mass is 385 g/mol. The van der Waals surface area contributed by atoms with Gasteiger partial charge in [0.2, 0.25) is 11.8 Å². The van der Waals surface area contributed by atoms with Crippen LogP contribution in [0.15, 0.2) is 30.3 Å². The van der Waals surface area contributed by atoms with Crippen molar-refractivity contribution in [2.45, 2.75) is 64.1 Å². The molecule has 0 aromatic heterocycles. The summed E-state index contributed by atoms with van der Waals surface area (Å²) >= 11 is 0. The van der Waals surface area contributed by atoms with Gasteiger partial charge >= 0.3 is 0 Å². The number of fused-ring (bicyclic) bond motifs is 1. The number of piperazine rings is 1. The molecule has 0 radical (unpaired) electrons. The highest BCUT2D eigenvalue weighted by molar-refractivity contribution is 5.89. The van der Waals surface area contributed by atoms with E-state index in [1.807, 2.05) is 28.0 Å². The van der Waals surface area contributed by atoms with E-state index in [1.165, 1.54) is 5.56 Å². The SMILES string of the molecule is CC(C)C[C@H]1C(=O)N2C[C@@H](N(C)C)C[C@H]2CN1C(=O)CCCc1ccccc1. The smallest absolute Gasteiger partial charge is 0.245 e. The molecule has 2 aliphatic heterocycles. The third-order valence-corrected chi connectivity index (χ3v) is 6.19. The molecule has 0 unspecified atom stereocenters. The number of benzene rings is 1. The first-order valence-corrected chi connectivity index (χ1v) is 10.7. The van der Waals surface area contributed by atoms with Crippen LogP contribution in [0.2, 0.25) is 0 Å². The molecule has 2 amide bonds. The zero-order valence-corrected chi connectivity index (χ0v) is 17.8. The Hall–Kier alpha value is -1.88. The van der Waals surface area contributed by atoms with Gasteiger partial charge in [0.05, 0.1) is 6.04 Å². The van der Waals surface area contributed by atoms with Crippen LogP contribution >= 0.6 is 0 Å². The van der Waals surface area contributed by atoms with E-state index in [0.717, 1.165) is 32.2 Å². The number of carbonyl (C=O) groups excluding carboxylic acids is 2. The Morgan fingerprint density at radius 3 is 2.54 bits per heavy atom. The van der Waals surface area contributed by atoms with E-state index in [9.17, 15) is 9.59 Å². The van der Waals surface area contributed by atoms with Gasteiger partial charge in [0.25, 0.3) is 0 Å². The lowest BCUT2D eigenvalue weighted by molar-refractivity contribution is -0.154. The van der Waals surface area contributed by atoms with E-state index in [1.54, 1.807) is 0 Å². The normalized spacial score (nSPS) is 24.9. The second-order valence-electron chi connectivity index (χ2n) is 9.03. The fraction of sp³-hybridized carbons (Fsp3) is 0.652. The Bertz CT molecular complexity index is 674. The van der Waals surface area contributed by atoms with Gasteiger partial charge in [-0.3, -0.25) is 9.59 Å². The van der Waals surface area contributed by atoms with Crippen molar-refractivity contribution in [3.8, 4) is 0 Å². The Morgan fingerprint density at radius 2 is 1.89 bits per heavy atom. The largest absolute Gasteiger partial charge is 0.335 e. The predicted octanol–water partition coefficient (Wildman–Crippen LogP) is 2.80. The first-order chi connectivity index (χ1) is 13.4. The average Bonchev–Trinajstić information content (AvgIpc) is 3.09. The highest BCUT2D eigenvalue weighted by atomic mass is 16.2. The number of aryl methyl sites for hydroxylation is 1. The van der Waals surface area contributed by atoms with Crippen molar-refractivity contribution in [3.05, 3.63) is 35.9 Å². The number of nitrogens with zero attached hydrogens (tertiary/aromatic N) is 3. The number of rotatable bonds is 7. The number of likely N-dealkylation sites (N-methyl/N-ethyl adjacent to an activating group) is 1. The minimum Gasteiger partial charge on any atom is -0.335 e. The van der Waals surface area contributed by atoms with Gasteiger partial charge < -0.3 is 14.7 Å². The van der Waals surface area contributed by atoms with Crippen LogP contribution in [0.1, 0.15) is 45.1 Å². The van der Waals surface area contributed by atoms with Crippen molar-refractivity contribution < 1.29 is 9.59 Å². The number of carbonyl (C=O) groups is 2. The van der Waals surface area contributed by atoms with Gasteiger partial charge in [0, 0.05) is 25.6 Å². The van der Waals surface area contributed by atoms with Crippen molar-refractivity contribution in [1.82, 2.24) is 14.7 Å². The topological polar surface area (TPSA) is 43.9 Å². The summed E-state index contributed by atoms with van der Waals surface area (Å²) in [6.07, 6.45) is 3.96. The summed E-state index contributed by atoms with van der Waals surface area (Å²) in [5.41, 5.74) is 1.26. The van der Waals surface area contributed by atoms with Gasteiger partial charge in [-0.05, 0) is 51.3 Å². The summed E-state index contributed by atoms with van der Waals surface area (Å²) in [5.74, 6) is 0.686. The van der Waals surface area contributed by atoms with E-state index in [2.05, 4.69) is 45.0 Å². The third-order valence-electron chi connectivity index (χ3n) is 6.19. The molecule has 0 aliphatic carbocycles. The molecule has 0 N–H and O–H groups in total. The number of hydrogen-bond acceptors (Lipinski definition) is 3. The molecule has 2 aliphatic rings. The summed E-state index contributed by atoms with van der Waals surface area (Å²) in [6, 6.07) is 10.6. The maximum absolute atomic E-state index is 13.2. The Balaban J connectivity index is 1.66. The van der Waals surface area contributed by atoms with E-state index in [4.69, 9.17) is 0 Å². The highest BCUT2D eigenvalue weighted by Gasteiger charge is 2.46. The van der Waals surface area contributed by atoms with Crippen molar-refractivity contribution >= 4 is 11.8 Å². The molecule has 0 bridgehead atoms. The third kappa shape index (κ3) is 4.75. The standard InChI is InChI=1S/C23H35N3O2/c1-17(2)13-21-23(28)25-15-19(24(3)4)14-20(25)16-26(21)22(27)12-8-11-18-9-6-5-7-10-18/h5-7,9-10,17,19-21H,8,11-16H2,1-4H3/t19-,20-,21-/m0/s1. The summed E-state index contributed by atoms with van der Waals surface area (Å²) < 4.78 is 0. The van der Waals surface area contributed by atoms with Crippen molar-refractivity contribution in [1.29, 1.82) is 0 Å². The minimum absolute atomic E-state index is 0.142. The lowest BCUT2D eigenvalue weighted by Crippen LogP contribution is -2.61. The van der Waals surface area contributed by atoms with Crippen LogP contribution in [0.3, 0.4) is 0 Å². The lowest BCUT2D eigenvalue weighted by Gasteiger charge is -2.43. The van der Waals surface area contributed by atoms with Crippen LogP contribution in [-0.4, -0.2) is 71.8 Å². The van der Waals surface area contributed by atoms with E-state index >= 15 is 0 Å². The van der Waals surface area contributed by atoms with Crippen LogP contribution in [0.25, 0.3) is 0 Å². The van der Waals surface area contributed by atoms with Gasteiger partial charge in [0.1, 0.15) is 6.04 Å². The highest BCUT2D eigenvalue weighted by Crippen LogP contribution is 2.30. The Morgan fingerprint density at radius 1 is 1.18 bits per heavy atom. The first-order valence-electron chi connectivity index (χ1n) is 10.7. The van der Waals surface area contributed by atoms with Crippen molar-refractivity contribution in [2.24, 2.45) is 5.92 Å². The molecule has 3 rings (SSSR count). The summed E-state index contributed by atoms with van der Waals surface area (Å²) in [5, 5.41) is 0. The van der Waals surface area contributed by atoms with Crippen LogP contribution in [0.5, 0.6) is 0 Å².